The molecule has 2 heterocycles. The number of carbonyl (C=O) groups excluding carboxylic acids is 1. The Balaban J connectivity index is 1.37. The third-order valence-electron chi connectivity index (χ3n) is 5.18. The Hall–Kier alpha value is -2.73. The highest BCUT2D eigenvalue weighted by molar-refractivity contribution is 5.70. The molecule has 154 valence electrons. The Morgan fingerprint density at radius 2 is 1.97 bits per heavy atom. The molecule has 6 nitrogen and oxygen atoms in total. The second-order valence-electron chi connectivity index (χ2n) is 7.80. The highest BCUT2D eigenvalue weighted by atomic mass is 16.7. The zero-order valence-corrected chi connectivity index (χ0v) is 17.1. The molecular weight excluding hydrogens is 370 g/mol. The lowest BCUT2D eigenvalue weighted by Crippen LogP contribution is -2.35. The molecule has 6 heteroatoms. The van der Waals surface area contributed by atoms with Gasteiger partial charge in [0.15, 0.2) is 0 Å². The van der Waals surface area contributed by atoms with E-state index in [0.717, 1.165) is 34.6 Å². The van der Waals surface area contributed by atoms with E-state index >= 15 is 0 Å². The van der Waals surface area contributed by atoms with Gasteiger partial charge < -0.3 is 23.8 Å². The van der Waals surface area contributed by atoms with Crippen molar-refractivity contribution in [1.29, 1.82) is 0 Å². The van der Waals surface area contributed by atoms with Gasteiger partial charge in [0, 0.05) is 26.0 Å². The smallest absolute Gasteiger partial charge is 0.410 e. The van der Waals surface area contributed by atoms with Gasteiger partial charge in [0.25, 0.3) is 0 Å². The second kappa shape index (κ2) is 7.95. The van der Waals surface area contributed by atoms with Gasteiger partial charge in [0.05, 0.1) is 19.8 Å². The molecule has 0 bridgehead atoms. The minimum Gasteiger partial charge on any atom is -0.494 e. The lowest BCUT2D eigenvalue weighted by molar-refractivity contribution is -0.180. The highest BCUT2D eigenvalue weighted by Crippen LogP contribution is 2.35. The first kappa shape index (κ1) is 19.6. The molecule has 2 aliphatic heterocycles. The fourth-order valence-electron chi connectivity index (χ4n) is 3.61. The predicted molar refractivity (Wildman–Crippen MR) is 108 cm³/mol. The number of amides is 1. The molecule has 0 aliphatic carbocycles. The Bertz CT molecular complexity index is 877. The van der Waals surface area contributed by atoms with Gasteiger partial charge in [-0.05, 0) is 48.7 Å². The molecule has 4 rings (SSSR count). The van der Waals surface area contributed by atoms with Crippen LogP contribution < -0.4 is 9.47 Å². The Labute approximate surface area is 171 Å². The molecule has 0 N–H and O–H groups in total. The normalized spacial score (nSPS) is 20.0. The van der Waals surface area contributed by atoms with E-state index in [0.29, 0.717) is 26.3 Å². The third kappa shape index (κ3) is 4.48. The van der Waals surface area contributed by atoms with Crippen LogP contribution in [0.5, 0.6) is 11.5 Å². The number of carbonyl (C=O) groups is 1. The van der Waals surface area contributed by atoms with Crippen molar-refractivity contribution in [3.8, 4) is 11.5 Å². The van der Waals surface area contributed by atoms with Gasteiger partial charge in [-0.15, -0.1) is 0 Å². The summed E-state index contributed by atoms with van der Waals surface area (Å²) in [5, 5.41) is 0. The highest BCUT2D eigenvalue weighted by Gasteiger charge is 2.33. The summed E-state index contributed by atoms with van der Waals surface area (Å²) in [7, 11) is 0. The van der Waals surface area contributed by atoms with Gasteiger partial charge in [-0.1, -0.05) is 18.2 Å². The summed E-state index contributed by atoms with van der Waals surface area (Å²) in [6, 6.07) is 13.9. The molecule has 2 aliphatic rings. The first-order chi connectivity index (χ1) is 13.9. The van der Waals surface area contributed by atoms with Crippen LogP contribution in [-0.2, 0) is 22.5 Å². The maximum absolute atomic E-state index is 12.3. The topological polar surface area (TPSA) is 57.2 Å². The maximum atomic E-state index is 12.3. The predicted octanol–water partition coefficient (Wildman–Crippen LogP) is 4.47. The van der Waals surface area contributed by atoms with Crippen LogP contribution in [0.25, 0.3) is 0 Å². The quantitative estimate of drug-likeness (QED) is 0.720. The minimum absolute atomic E-state index is 0.271. The first-order valence-electron chi connectivity index (χ1n) is 10.1. The van der Waals surface area contributed by atoms with Crippen LogP contribution in [0.3, 0.4) is 0 Å². The van der Waals surface area contributed by atoms with Crippen molar-refractivity contribution < 1.29 is 23.7 Å². The van der Waals surface area contributed by atoms with E-state index in [4.69, 9.17) is 18.9 Å². The average Bonchev–Trinajstić information content (AvgIpc) is 3.07. The van der Waals surface area contributed by atoms with Gasteiger partial charge in [-0.2, -0.15) is 0 Å². The van der Waals surface area contributed by atoms with E-state index < -0.39 is 5.79 Å². The molecule has 1 atom stereocenters. The van der Waals surface area contributed by atoms with Crippen molar-refractivity contribution in [2.45, 2.75) is 45.7 Å². The molecular formula is C23H27NO5. The Kier molecular flexibility index (Phi) is 5.37. The summed E-state index contributed by atoms with van der Waals surface area (Å²) >= 11 is 0. The van der Waals surface area contributed by atoms with Gasteiger partial charge in [0.1, 0.15) is 17.6 Å². The summed E-state index contributed by atoms with van der Waals surface area (Å²) in [5.41, 5.74) is 3.11. The molecule has 1 amide bonds. The van der Waals surface area contributed by atoms with Crippen LogP contribution in [0.2, 0.25) is 0 Å². The summed E-state index contributed by atoms with van der Waals surface area (Å²) in [6.07, 6.45) is 0.227. The number of nitrogens with zero attached hydrogens (tertiary/aromatic N) is 1. The summed E-state index contributed by atoms with van der Waals surface area (Å²) in [5.74, 6) is 1.06. The third-order valence-corrected chi connectivity index (χ3v) is 5.18. The molecule has 1 saturated heterocycles. The van der Waals surface area contributed by atoms with E-state index in [-0.39, 0.29) is 12.2 Å². The Morgan fingerprint density at radius 3 is 2.72 bits per heavy atom. The fraction of sp³-hybridized carbons (Fsp3) is 0.435. The SMILES string of the molecule is CCOc1ccc(CCN2C[C@@H](c3ccc4c(c3)COC(C)(C)O4)OC2=O)cc1. The molecule has 0 radical (unpaired) electrons. The van der Waals surface area contributed by atoms with E-state index in [2.05, 4.69) is 0 Å². The van der Waals surface area contributed by atoms with Gasteiger partial charge in [0.2, 0.25) is 5.79 Å². The maximum Gasteiger partial charge on any atom is 0.410 e. The molecule has 0 unspecified atom stereocenters. The zero-order valence-electron chi connectivity index (χ0n) is 17.1. The summed E-state index contributed by atoms with van der Waals surface area (Å²) in [6.45, 7) is 8.05. The number of cyclic esters (lactones) is 1. The van der Waals surface area contributed by atoms with Crippen molar-refractivity contribution >= 4 is 6.09 Å². The second-order valence-corrected chi connectivity index (χ2v) is 7.80. The summed E-state index contributed by atoms with van der Waals surface area (Å²) < 4.78 is 22.6. The van der Waals surface area contributed by atoms with E-state index in [1.165, 1.54) is 0 Å². The van der Waals surface area contributed by atoms with Crippen molar-refractivity contribution in [3.63, 3.8) is 0 Å². The van der Waals surface area contributed by atoms with Gasteiger partial charge in [-0.3, -0.25) is 0 Å². The van der Waals surface area contributed by atoms with E-state index in [1.807, 2.05) is 63.2 Å². The zero-order chi connectivity index (χ0) is 20.4. The largest absolute Gasteiger partial charge is 0.494 e. The summed E-state index contributed by atoms with van der Waals surface area (Å²) in [4.78, 5) is 14.1. The molecule has 2 aromatic rings. The fourth-order valence-corrected chi connectivity index (χ4v) is 3.61. The molecule has 0 aromatic heterocycles. The van der Waals surface area contributed by atoms with Crippen molar-refractivity contribution in [2.24, 2.45) is 0 Å². The van der Waals surface area contributed by atoms with Gasteiger partial charge in [-0.25, -0.2) is 4.79 Å². The van der Waals surface area contributed by atoms with E-state index in [9.17, 15) is 4.79 Å². The monoisotopic (exact) mass is 397 g/mol. The molecule has 0 spiro atoms. The minimum atomic E-state index is -0.619. The van der Waals surface area contributed by atoms with Crippen LogP contribution in [-0.4, -0.2) is 36.5 Å². The van der Waals surface area contributed by atoms with Crippen molar-refractivity contribution in [2.75, 3.05) is 19.7 Å². The van der Waals surface area contributed by atoms with Crippen LogP contribution >= 0.6 is 0 Å². The number of rotatable bonds is 6. The number of hydrogen-bond donors (Lipinski definition) is 0. The lowest BCUT2D eigenvalue weighted by atomic mass is 10.0. The van der Waals surface area contributed by atoms with Crippen LogP contribution in [0.1, 0.15) is 43.6 Å². The van der Waals surface area contributed by atoms with Crippen LogP contribution in [0, 0.1) is 0 Å². The van der Waals surface area contributed by atoms with E-state index in [1.54, 1.807) is 4.90 Å². The van der Waals surface area contributed by atoms with Crippen molar-refractivity contribution in [3.05, 3.63) is 59.2 Å². The number of benzene rings is 2. The molecule has 0 saturated carbocycles. The molecule has 2 aromatic carbocycles. The molecule has 1 fully saturated rings. The molecule has 29 heavy (non-hydrogen) atoms. The lowest BCUT2D eigenvalue weighted by Gasteiger charge is -2.32. The number of hydrogen-bond acceptors (Lipinski definition) is 5. The van der Waals surface area contributed by atoms with Crippen LogP contribution in [0.4, 0.5) is 4.79 Å². The Morgan fingerprint density at radius 1 is 1.17 bits per heavy atom. The van der Waals surface area contributed by atoms with Crippen LogP contribution in [0.15, 0.2) is 42.5 Å². The van der Waals surface area contributed by atoms with Crippen molar-refractivity contribution in [1.82, 2.24) is 4.90 Å². The number of fused-ring (bicyclic) bond motifs is 1. The van der Waals surface area contributed by atoms with Gasteiger partial charge >= 0.3 is 6.09 Å². The first-order valence-corrected chi connectivity index (χ1v) is 10.1. The number of ether oxygens (including phenoxy) is 4. The average molecular weight is 397 g/mol. The standard InChI is InChI=1S/C23H27NO5/c1-4-26-19-8-5-16(6-9-19)11-12-24-14-21(28-22(24)25)17-7-10-20-18(13-17)15-27-23(2,3)29-20/h5-10,13,21H,4,11-12,14-15H2,1-3H3/t21-/m0/s1.